The maximum Gasteiger partial charge on any atom is 0.196 e. The van der Waals surface area contributed by atoms with E-state index in [9.17, 15) is 0 Å². The Kier molecular flexibility index (Phi) is 3.18. The summed E-state index contributed by atoms with van der Waals surface area (Å²) in [5.74, 6) is 0.576. The van der Waals surface area contributed by atoms with E-state index in [4.69, 9.17) is 5.73 Å². The van der Waals surface area contributed by atoms with Crippen LogP contribution in [0.25, 0.3) is 0 Å². The first-order valence-electron chi connectivity index (χ1n) is 6.87. The molecule has 0 amide bonds. The van der Waals surface area contributed by atoms with Gasteiger partial charge in [0.05, 0.1) is 18.3 Å². The van der Waals surface area contributed by atoms with E-state index in [-0.39, 0.29) is 6.04 Å². The molecule has 1 aliphatic rings. The zero-order valence-corrected chi connectivity index (χ0v) is 11.8. The summed E-state index contributed by atoms with van der Waals surface area (Å²) in [6.07, 6.45) is 2.99. The van der Waals surface area contributed by atoms with E-state index in [0.29, 0.717) is 12.5 Å². The predicted octanol–water partition coefficient (Wildman–Crippen LogP) is 1.86. The van der Waals surface area contributed by atoms with Crippen molar-refractivity contribution >= 4 is 11.6 Å². The van der Waals surface area contributed by atoms with Crippen LogP contribution in [0, 0.1) is 0 Å². The summed E-state index contributed by atoms with van der Waals surface area (Å²) < 4.78 is 1.87. The topological polar surface area (TPSA) is 59.4 Å². The summed E-state index contributed by atoms with van der Waals surface area (Å²) in [6, 6.07) is 10.3. The molecule has 2 heterocycles. The number of nitrogens with zero attached hydrogens (tertiary/aromatic N) is 4. The Morgan fingerprint density at radius 1 is 1.30 bits per heavy atom. The Morgan fingerprint density at radius 3 is 2.75 bits per heavy atom. The average molecular weight is 269 g/mol. The maximum absolute atomic E-state index is 6.09. The SMILES string of the molecule is CCc1nn(C)cc1C1CN=C(N)N1c1ccccc1. The number of anilines is 1. The van der Waals surface area contributed by atoms with Crippen molar-refractivity contribution in [2.75, 3.05) is 11.4 Å². The fraction of sp³-hybridized carbons (Fsp3) is 0.333. The molecule has 1 aliphatic heterocycles. The van der Waals surface area contributed by atoms with E-state index in [0.717, 1.165) is 17.8 Å². The Bertz CT molecular complexity index is 629. The molecule has 20 heavy (non-hydrogen) atoms. The van der Waals surface area contributed by atoms with E-state index in [1.54, 1.807) is 0 Å². The molecule has 0 aliphatic carbocycles. The molecular weight excluding hydrogens is 250 g/mol. The molecule has 3 rings (SSSR count). The van der Waals surface area contributed by atoms with Gasteiger partial charge in [-0.05, 0) is 18.6 Å². The number of guanidine groups is 1. The summed E-state index contributed by atoms with van der Waals surface area (Å²) in [5, 5.41) is 4.53. The first-order valence-corrected chi connectivity index (χ1v) is 6.87. The fourth-order valence-corrected chi connectivity index (χ4v) is 2.74. The van der Waals surface area contributed by atoms with Gasteiger partial charge in [-0.15, -0.1) is 0 Å². The van der Waals surface area contributed by atoms with Crippen LogP contribution < -0.4 is 10.6 Å². The highest BCUT2D eigenvalue weighted by Gasteiger charge is 2.31. The van der Waals surface area contributed by atoms with Crippen molar-refractivity contribution in [2.24, 2.45) is 17.8 Å². The number of hydrogen-bond acceptors (Lipinski definition) is 4. The van der Waals surface area contributed by atoms with Crippen LogP contribution in [0.4, 0.5) is 5.69 Å². The smallest absolute Gasteiger partial charge is 0.196 e. The van der Waals surface area contributed by atoms with Gasteiger partial charge in [0.15, 0.2) is 5.96 Å². The van der Waals surface area contributed by atoms with Crippen molar-refractivity contribution in [3.8, 4) is 0 Å². The van der Waals surface area contributed by atoms with Gasteiger partial charge in [0, 0.05) is 24.5 Å². The van der Waals surface area contributed by atoms with E-state index < -0.39 is 0 Å². The Labute approximate surface area is 118 Å². The highest BCUT2D eigenvalue weighted by molar-refractivity contribution is 5.97. The third-order valence-electron chi connectivity index (χ3n) is 3.65. The van der Waals surface area contributed by atoms with Gasteiger partial charge in [-0.25, -0.2) is 0 Å². The lowest BCUT2D eigenvalue weighted by atomic mass is 10.1. The second-order valence-electron chi connectivity index (χ2n) is 4.98. The minimum atomic E-state index is 0.140. The van der Waals surface area contributed by atoms with Crippen LogP contribution in [0.5, 0.6) is 0 Å². The lowest BCUT2D eigenvalue weighted by molar-refractivity contribution is 0.746. The van der Waals surface area contributed by atoms with Crippen LogP contribution in [0.15, 0.2) is 41.5 Å². The van der Waals surface area contributed by atoms with Gasteiger partial charge in [-0.2, -0.15) is 5.10 Å². The molecule has 1 aromatic carbocycles. The quantitative estimate of drug-likeness (QED) is 0.925. The van der Waals surface area contributed by atoms with Crippen molar-refractivity contribution in [3.63, 3.8) is 0 Å². The number of aliphatic imine (C=N–C) groups is 1. The highest BCUT2D eigenvalue weighted by atomic mass is 15.3. The van der Waals surface area contributed by atoms with Gasteiger partial charge in [0.25, 0.3) is 0 Å². The third kappa shape index (κ3) is 2.05. The molecule has 1 unspecified atom stereocenters. The van der Waals surface area contributed by atoms with E-state index in [1.165, 1.54) is 5.56 Å². The van der Waals surface area contributed by atoms with Crippen LogP contribution in [-0.4, -0.2) is 22.3 Å². The lowest BCUT2D eigenvalue weighted by Crippen LogP contribution is -2.36. The second-order valence-corrected chi connectivity index (χ2v) is 4.98. The summed E-state index contributed by atoms with van der Waals surface area (Å²) >= 11 is 0. The van der Waals surface area contributed by atoms with Gasteiger partial charge in [-0.1, -0.05) is 25.1 Å². The van der Waals surface area contributed by atoms with Crippen molar-refractivity contribution in [2.45, 2.75) is 19.4 Å². The molecule has 0 fully saturated rings. The number of hydrogen-bond donors (Lipinski definition) is 1. The Morgan fingerprint density at radius 2 is 2.05 bits per heavy atom. The summed E-state index contributed by atoms with van der Waals surface area (Å²) in [6.45, 7) is 2.80. The van der Waals surface area contributed by atoms with Gasteiger partial charge in [-0.3, -0.25) is 9.67 Å². The normalized spacial score (nSPS) is 18.4. The van der Waals surface area contributed by atoms with E-state index >= 15 is 0 Å². The molecule has 0 saturated heterocycles. The second kappa shape index (κ2) is 5.00. The summed E-state index contributed by atoms with van der Waals surface area (Å²) in [7, 11) is 1.95. The van der Waals surface area contributed by atoms with Crippen LogP contribution >= 0.6 is 0 Å². The molecular formula is C15H19N5. The largest absolute Gasteiger partial charge is 0.369 e. The van der Waals surface area contributed by atoms with Gasteiger partial charge >= 0.3 is 0 Å². The molecule has 0 bridgehead atoms. The molecule has 104 valence electrons. The van der Waals surface area contributed by atoms with Gasteiger partial charge in [0.1, 0.15) is 0 Å². The average Bonchev–Trinajstić information content (AvgIpc) is 3.02. The van der Waals surface area contributed by atoms with Crippen molar-refractivity contribution in [1.29, 1.82) is 0 Å². The number of aryl methyl sites for hydroxylation is 2. The van der Waals surface area contributed by atoms with Crippen LogP contribution in [0.2, 0.25) is 0 Å². The summed E-state index contributed by atoms with van der Waals surface area (Å²) in [4.78, 5) is 6.51. The minimum Gasteiger partial charge on any atom is -0.369 e. The zero-order chi connectivity index (χ0) is 14.1. The van der Waals surface area contributed by atoms with E-state index in [1.807, 2.05) is 29.9 Å². The Balaban J connectivity index is 2.01. The van der Waals surface area contributed by atoms with Gasteiger partial charge in [0.2, 0.25) is 0 Å². The minimum absolute atomic E-state index is 0.140. The van der Waals surface area contributed by atoms with Crippen molar-refractivity contribution in [1.82, 2.24) is 9.78 Å². The number of rotatable bonds is 3. The fourth-order valence-electron chi connectivity index (χ4n) is 2.74. The number of para-hydroxylation sites is 1. The van der Waals surface area contributed by atoms with Crippen LogP contribution in [0.3, 0.4) is 0 Å². The summed E-state index contributed by atoms with van der Waals surface area (Å²) in [5.41, 5.74) is 9.48. The molecule has 0 spiro atoms. The van der Waals surface area contributed by atoms with Crippen molar-refractivity contribution in [3.05, 3.63) is 47.8 Å². The molecule has 1 aromatic heterocycles. The monoisotopic (exact) mass is 269 g/mol. The molecule has 1 atom stereocenters. The first kappa shape index (κ1) is 12.7. The molecule has 0 saturated carbocycles. The molecule has 5 heteroatoms. The lowest BCUT2D eigenvalue weighted by Gasteiger charge is -2.26. The standard InChI is InChI=1S/C15H19N5/c1-3-13-12(10-19(2)18-13)14-9-17-15(16)20(14)11-7-5-4-6-8-11/h4-8,10,14H,3,9H2,1-2H3,(H2,16,17). The zero-order valence-electron chi connectivity index (χ0n) is 11.8. The van der Waals surface area contributed by atoms with E-state index in [2.05, 4.69) is 40.2 Å². The molecule has 2 N–H and O–H groups in total. The first-order chi connectivity index (χ1) is 9.70. The number of benzene rings is 1. The maximum atomic E-state index is 6.09. The molecule has 2 aromatic rings. The van der Waals surface area contributed by atoms with Crippen LogP contribution in [-0.2, 0) is 13.5 Å². The third-order valence-corrected chi connectivity index (χ3v) is 3.65. The van der Waals surface area contributed by atoms with Crippen molar-refractivity contribution < 1.29 is 0 Å². The van der Waals surface area contributed by atoms with Crippen LogP contribution in [0.1, 0.15) is 24.2 Å². The Hall–Kier alpha value is -2.30. The molecule has 5 nitrogen and oxygen atoms in total. The number of aromatic nitrogens is 2. The molecule has 0 radical (unpaired) electrons. The number of nitrogens with two attached hydrogens (primary N) is 1. The highest BCUT2D eigenvalue weighted by Crippen LogP contribution is 2.32. The predicted molar refractivity (Wildman–Crippen MR) is 80.7 cm³/mol. The van der Waals surface area contributed by atoms with Gasteiger partial charge < -0.3 is 10.6 Å².